The lowest BCUT2D eigenvalue weighted by Gasteiger charge is -2.31. The first-order valence-corrected chi connectivity index (χ1v) is 7.16. The maximum Gasteiger partial charge on any atom is 0.254 e. The summed E-state index contributed by atoms with van der Waals surface area (Å²) in [4.78, 5) is 12.1. The van der Waals surface area contributed by atoms with E-state index in [4.69, 9.17) is 4.42 Å². The Morgan fingerprint density at radius 2 is 2.11 bits per heavy atom. The highest BCUT2D eigenvalue weighted by Crippen LogP contribution is 2.58. The normalized spacial score (nSPS) is 41.0. The predicted molar refractivity (Wildman–Crippen MR) is 67.0 cm³/mol. The van der Waals surface area contributed by atoms with Gasteiger partial charge in [0.1, 0.15) is 6.26 Å². The van der Waals surface area contributed by atoms with Crippen molar-refractivity contribution < 1.29 is 9.21 Å². The summed E-state index contributed by atoms with van der Waals surface area (Å²) >= 11 is 0. The molecule has 1 heterocycles. The van der Waals surface area contributed by atoms with E-state index in [9.17, 15) is 4.79 Å². The Kier molecular flexibility index (Phi) is 2.29. The number of furan rings is 1. The molecule has 18 heavy (non-hydrogen) atoms. The van der Waals surface area contributed by atoms with Crippen LogP contribution in [0, 0.1) is 23.7 Å². The Balaban J connectivity index is 1.47. The van der Waals surface area contributed by atoms with Gasteiger partial charge in [-0.25, -0.2) is 0 Å². The van der Waals surface area contributed by atoms with E-state index in [2.05, 4.69) is 5.32 Å². The van der Waals surface area contributed by atoms with E-state index in [1.165, 1.54) is 38.4 Å². The number of fused-ring (bicyclic) bond motifs is 5. The highest BCUT2D eigenvalue weighted by molar-refractivity contribution is 5.94. The van der Waals surface area contributed by atoms with Crippen molar-refractivity contribution in [2.75, 3.05) is 0 Å². The van der Waals surface area contributed by atoms with Gasteiger partial charge in [-0.3, -0.25) is 4.79 Å². The Bertz CT molecular complexity index is 453. The summed E-state index contributed by atoms with van der Waals surface area (Å²) in [5.74, 6) is 3.56. The van der Waals surface area contributed by atoms with Gasteiger partial charge in [0.15, 0.2) is 0 Å². The van der Waals surface area contributed by atoms with E-state index in [0.717, 1.165) is 23.7 Å². The van der Waals surface area contributed by atoms with Crippen molar-refractivity contribution in [1.29, 1.82) is 0 Å². The van der Waals surface area contributed by atoms with Crippen LogP contribution < -0.4 is 5.32 Å². The fourth-order valence-electron chi connectivity index (χ4n) is 4.88. The molecule has 3 heteroatoms. The molecule has 5 atom stereocenters. The molecule has 0 spiro atoms. The van der Waals surface area contributed by atoms with Crippen molar-refractivity contribution in [3.63, 3.8) is 0 Å². The standard InChI is InChI=1S/C15H19NO2/c17-15(9-4-5-18-8-9)16-14-7-10-6-13(14)12-3-1-2-11(10)12/h4-5,8,10-14H,1-3,6-7H2,(H,16,17). The van der Waals surface area contributed by atoms with Gasteiger partial charge < -0.3 is 9.73 Å². The summed E-state index contributed by atoms with van der Waals surface area (Å²) in [7, 11) is 0. The third kappa shape index (κ3) is 1.46. The Hall–Kier alpha value is -1.25. The molecule has 3 nitrogen and oxygen atoms in total. The number of hydrogen-bond donors (Lipinski definition) is 1. The summed E-state index contributed by atoms with van der Waals surface area (Å²) in [5.41, 5.74) is 0.653. The van der Waals surface area contributed by atoms with Crippen LogP contribution in [0.3, 0.4) is 0 Å². The van der Waals surface area contributed by atoms with E-state index in [1.807, 2.05) is 0 Å². The van der Waals surface area contributed by atoms with Gasteiger partial charge >= 0.3 is 0 Å². The van der Waals surface area contributed by atoms with E-state index in [0.29, 0.717) is 11.6 Å². The minimum absolute atomic E-state index is 0.0378. The molecular weight excluding hydrogens is 226 g/mol. The lowest BCUT2D eigenvalue weighted by atomic mass is 9.79. The number of carbonyl (C=O) groups excluding carboxylic acids is 1. The van der Waals surface area contributed by atoms with Gasteiger partial charge in [-0.15, -0.1) is 0 Å². The summed E-state index contributed by atoms with van der Waals surface area (Å²) in [6.45, 7) is 0. The monoisotopic (exact) mass is 245 g/mol. The van der Waals surface area contributed by atoms with E-state index >= 15 is 0 Å². The fraction of sp³-hybridized carbons (Fsp3) is 0.667. The van der Waals surface area contributed by atoms with Gasteiger partial charge in [0.2, 0.25) is 0 Å². The topological polar surface area (TPSA) is 42.2 Å². The van der Waals surface area contributed by atoms with Crippen molar-refractivity contribution in [1.82, 2.24) is 5.32 Å². The van der Waals surface area contributed by atoms with Crippen LogP contribution in [0.15, 0.2) is 23.0 Å². The van der Waals surface area contributed by atoms with Crippen LogP contribution in [-0.4, -0.2) is 11.9 Å². The second-order valence-electron chi connectivity index (χ2n) is 6.25. The van der Waals surface area contributed by atoms with Gasteiger partial charge in [0, 0.05) is 6.04 Å². The molecule has 3 saturated carbocycles. The van der Waals surface area contributed by atoms with Gasteiger partial charge in [0.05, 0.1) is 11.8 Å². The predicted octanol–water partition coefficient (Wildman–Crippen LogP) is 2.83. The average molecular weight is 245 g/mol. The zero-order valence-electron chi connectivity index (χ0n) is 10.5. The minimum Gasteiger partial charge on any atom is -0.472 e. The van der Waals surface area contributed by atoms with E-state index in [-0.39, 0.29) is 5.91 Å². The third-order valence-corrected chi connectivity index (χ3v) is 5.53. The molecule has 2 bridgehead atoms. The molecule has 3 fully saturated rings. The first-order chi connectivity index (χ1) is 8.83. The molecule has 1 amide bonds. The van der Waals surface area contributed by atoms with Crippen molar-refractivity contribution in [3.8, 4) is 0 Å². The first-order valence-electron chi connectivity index (χ1n) is 7.16. The van der Waals surface area contributed by atoms with Gasteiger partial charge in [-0.2, -0.15) is 0 Å². The average Bonchev–Trinajstić information content (AvgIpc) is 3.11. The highest BCUT2D eigenvalue weighted by Gasteiger charge is 2.54. The van der Waals surface area contributed by atoms with Gasteiger partial charge in [0.25, 0.3) is 5.91 Å². The second kappa shape index (κ2) is 3.87. The van der Waals surface area contributed by atoms with Crippen molar-refractivity contribution in [2.24, 2.45) is 23.7 Å². The zero-order valence-corrected chi connectivity index (χ0v) is 10.5. The third-order valence-electron chi connectivity index (χ3n) is 5.53. The van der Waals surface area contributed by atoms with Gasteiger partial charge in [-0.05, 0) is 55.4 Å². The summed E-state index contributed by atoms with van der Waals surface area (Å²) < 4.78 is 4.97. The summed E-state index contributed by atoms with van der Waals surface area (Å²) in [5, 5.41) is 3.23. The fourth-order valence-corrected chi connectivity index (χ4v) is 4.88. The quantitative estimate of drug-likeness (QED) is 0.870. The summed E-state index contributed by atoms with van der Waals surface area (Å²) in [6, 6.07) is 2.15. The SMILES string of the molecule is O=C(NC1CC2CC1C1CCCC21)c1ccoc1. The van der Waals surface area contributed by atoms with Crippen LogP contribution in [-0.2, 0) is 0 Å². The Morgan fingerprint density at radius 3 is 2.94 bits per heavy atom. The number of carbonyl (C=O) groups is 1. The molecule has 1 aromatic heterocycles. The lowest BCUT2D eigenvalue weighted by Crippen LogP contribution is -2.42. The molecule has 3 aliphatic rings. The van der Waals surface area contributed by atoms with Crippen LogP contribution in [0.1, 0.15) is 42.5 Å². The molecular formula is C15H19NO2. The maximum absolute atomic E-state index is 12.1. The van der Waals surface area contributed by atoms with Crippen LogP contribution >= 0.6 is 0 Å². The molecule has 96 valence electrons. The molecule has 0 aliphatic heterocycles. The van der Waals surface area contributed by atoms with Crippen LogP contribution in [0.2, 0.25) is 0 Å². The van der Waals surface area contributed by atoms with Crippen LogP contribution in [0.5, 0.6) is 0 Å². The van der Waals surface area contributed by atoms with Crippen molar-refractivity contribution in [2.45, 2.75) is 38.1 Å². The summed E-state index contributed by atoms with van der Waals surface area (Å²) in [6.07, 6.45) is 9.88. The minimum atomic E-state index is 0.0378. The number of nitrogens with one attached hydrogen (secondary N) is 1. The Labute approximate surface area is 107 Å². The molecule has 1 N–H and O–H groups in total. The molecule has 0 aromatic carbocycles. The van der Waals surface area contributed by atoms with Crippen LogP contribution in [0.25, 0.3) is 0 Å². The Morgan fingerprint density at radius 1 is 1.22 bits per heavy atom. The maximum atomic E-state index is 12.1. The van der Waals surface area contributed by atoms with Crippen molar-refractivity contribution >= 4 is 5.91 Å². The van der Waals surface area contributed by atoms with E-state index < -0.39 is 0 Å². The second-order valence-corrected chi connectivity index (χ2v) is 6.25. The molecule has 0 radical (unpaired) electrons. The number of amides is 1. The molecule has 4 rings (SSSR count). The smallest absolute Gasteiger partial charge is 0.254 e. The zero-order chi connectivity index (χ0) is 12.1. The first kappa shape index (κ1) is 10.7. The largest absolute Gasteiger partial charge is 0.472 e. The molecule has 1 aromatic rings. The molecule has 0 saturated heterocycles. The molecule has 3 aliphatic carbocycles. The van der Waals surface area contributed by atoms with Crippen molar-refractivity contribution in [3.05, 3.63) is 24.2 Å². The van der Waals surface area contributed by atoms with Crippen LogP contribution in [0.4, 0.5) is 0 Å². The highest BCUT2D eigenvalue weighted by atomic mass is 16.3. The van der Waals surface area contributed by atoms with E-state index in [1.54, 1.807) is 12.3 Å². The molecule has 5 unspecified atom stereocenters. The number of hydrogen-bond acceptors (Lipinski definition) is 2. The lowest BCUT2D eigenvalue weighted by molar-refractivity contribution is 0.0900. The van der Waals surface area contributed by atoms with Gasteiger partial charge in [-0.1, -0.05) is 6.42 Å². The number of rotatable bonds is 2.